The van der Waals surface area contributed by atoms with Crippen molar-refractivity contribution in [2.45, 2.75) is 6.92 Å². The third-order valence-electron chi connectivity index (χ3n) is 3.50. The van der Waals surface area contributed by atoms with Crippen molar-refractivity contribution in [3.05, 3.63) is 65.4 Å². The first-order chi connectivity index (χ1) is 11.9. The molecule has 8 heteroatoms. The van der Waals surface area contributed by atoms with Crippen LogP contribution in [0.15, 0.2) is 46.9 Å². The molecule has 1 amide bonds. The van der Waals surface area contributed by atoms with E-state index in [2.05, 4.69) is 16.2 Å². The fourth-order valence-electron chi connectivity index (χ4n) is 2.28. The summed E-state index contributed by atoms with van der Waals surface area (Å²) in [5.41, 5.74) is 6.40. The molecule has 0 aliphatic heterocycles. The first-order valence-corrected chi connectivity index (χ1v) is 7.66. The number of anilines is 1. The fourth-order valence-corrected chi connectivity index (χ4v) is 2.44. The van der Waals surface area contributed by atoms with Gasteiger partial charge in [-0.3, -0.25) is 15.6 Å². The van der Waals surface area contributed by atoms with Gasteiger partial charge in [0.05, 0.1) is 0 Å². The predicted octanol–water partition coefficient (Wildman–Crippen LogP) is 3.65. The van der Waals surface area contributed by atoms with Crippen LogP contribution in [-0.2, 0) is 0 Å². The van der Waals surface area contributed by atoms with Crippen molar-refractivity contribution in [3.8, 4) is 0 Å². The first kappa shape index (κ1) is 16.8. The van der Waals surface area contributed by atoms with Crippen molar-refractivity contribution < 1.29 is 18.0 Å². The Hall–Kier alpha value is -3.00. The lowest BCUT2D eigenvalue weighted by Gasteiger charge is -2.11. The number of hydrazine groups is 1. The molecule has 25 heavy (non-hydrogen) atoms. The van der Waals surface area contributed by atoms with Crippen molar-refractivity contribution in [1.29, 1.82) is 0 Å². The number of carbonyl (C=O) groups excluding carboxylic acids is 1. The van der Waals surface area contributed by atoms with Crippen LogP contribution in [0, 0.1) is 18.6 Å². The molecule has 3 N–H and O–H groups in total. The summed E-state index contributed by atoms with van der Waals surface area (Å²) >= 11 is 5.04. The van der Waals surface area contributed by atoms with Gasteiger partial charge in [-0.2, -0.15) is 0 Å². The number of fused-ring (bicyclic) bond motifs is 1. The van der Waals surface area contributed by atoms with Gasteiger partial charge in [0.2, 0.25) is 0 Å². The molecule has 0 bridgehead atoms. The van der Waals surface area contributed by atoms with E-state index in [1.54, 1.807) is 6.92 Å². The van der Waals surface area contributed by atoms with Gasteiger partial charge in [0, 0.05) is 16.6 Å². The zero-order valence-electron chi connectivity index (χ0n) is 13.0. The molecular formula is C17H13F2N3O2S. The van der Waals surface area contributed by atoms with Gasteiger partial charge in [0.25, 0.3) is 0 Å². The van der Waals surface area contributed by atoms with Crippen LogP contribution in [-0.4, -0.2) is 11.0 Å². The molecule has 0 saturated heterocycles. The van der Waals surface area contributed by atoms with Gasteiger partial charge in [0.1, 0.15) is 17.2 Å². The number of rotatable bonds is 2. The highest BCUT2D eigenvalue weighted by atomic mass is 32.1. The van der Waals surface area contributed by atoms with Crippen LogP contribution in [0.5, 0.6) is 0 Å². The minimum absolute atomic E-state index is 0.0534. The second-order valence-electron chi connectivity index (χ2n) is 5.24. The minimum atomic E-state index is -0.558. The third kappa shape index (κ3) is 3.74. The summed E-state index contributed by atoms with van der Waals surface area (Å²) in [6.07, 6.45) is 0. The van der Waals surface area contributed by atoms with E-state index >= 15 is 0 Å². The van der Waals surface area contributed by atoms with Crippen LogP contribution in [0.2, 0.25) is 0 Å². The van der Waals surface area contributed by atoms with E-state index in [4.69, 9.17) is 16.6 Å². The monoisotopic (exact) mass is 361 g/mol. The van der Waals surface area contributed by atoms with Crippen LogP contribution in [0.4, 0.5) is 14.5 Å². The Bertz CT molecular complexity index is 954. The van der Waals surface area contributed by atoms with E-state index in [9.17, 15) is 13.6 Å². The Labute approximate surface area is 147 Å². The van der Waals surface area contributed by atoms with Gasteiger partial charge in [-0.05, 0) is 61.6 Å². The Kier molecular flexibility index (Phi) is 4.62. The normalized spacial score (nSPS) is 10.5. The number of amides is 1. The lowest BCUT2D eigenvalue weighted by Crippen LogP contribution is -2.43. The number of benzene rings is 2. The highest BCUT2D eigenvalue weighted by molar-refractivity contribution is 7.80. The van der Waals surface area contributed by atoms with Crippen molar-refractivity contribution in [1.82, 2.24) is 10.9 Å². The Morgan fingerprint density at radius 3 is 2.44 bits per heavy atom. The number of hydrogen-bond donors (Lipinski definition) is 3. The number of aryl methyl sites for hydroxylation is 1. The van der Waals surface area contributed by atoms with Gasteiger partial charge >= 0.3 is 5.91 Å². The lowest BCUT2D eigenvalue weighted by atomic mass is 10.1. The van der Waals surface area contributed by atoms with Crippen molar-refractivity contribution in [2.24, 2.45) is 0 Å². The lowest BCUT2D eigenvalue weighted by molar-refractivity contribution is 0.0917. The summed E-state index contributed by atoms with van der Waals surface area (Å²) in [6.45, 7) is 1.66. The van der Waals surface area contributed by atoms with E-state index in [0.29, 0.717) is 22.2 Å². The smallest absolute Gasteiger partial charge is 0.305 e. The van der Waals surface area contributed by atoms with Crippen LogP contribution < -0.4 is 16.2 Å². The fraction of sp³-hybridized carbons (Fsp3) is 0.0588. The van der Waals surface area contributed by atoms with E-state index < -0.39 is 11.7 Å². The molecule has 0 aliphatic rings. The molecule has 0 atom stereocenters. The molecule has 0 spiro atoms. The number of furan rings is 1. The maximum Gasteiger partial charge on any atom is 0.305 e. The van der Waals surface area contributed by atoms with Gasteiger partial charge in [-0.25, -0.2) is 8.78 Å². The minimum Gasteiger partial charge on any atom is -0.451 e. The standard InChI is InChI=1S/C17H13F2N3O2S/c1-9-13-8-11(19)4-7-14(13)24-15(9)16(23)21-22-17(25)20-12-5-2-10(18)3-6-12/h2-8H,1H3,(H,21,23)(H2,20,22,25). The summed E-state index contributed by atoms with van der Waals surface area (Å²) in [5.74, 6) is -1.28. The molecule has 0 radical (unpaired) electrons. The molecule has 5 nitrogen and oxygen atoms in total. The Morgan fingerprint density at radius 1 is 1.04 bits per heavy atom. The second-order valence-corrected chi connectivity index (χ2v) is 5.65. The Balaban J connectivity index is 1.65. The summed E-state index contributed by atoms with van der Waals surface area (Å²) in [7, 11) is 0. The van der Waals surface area contributed by atoms with E-state index in [1.807, 2.05) is 0 Å². The molecule has 0 fully saturated rings. The molecule has 0 saturated carbocycles. The molecule has 2 aromatic carbocycles. The van der Waals surface area contributed by atoms with Crippen molar-refractivity contribution in [2.75, 3.05) is 5.32 Å². The maximum atomic E-state index is 13.3. The van der Waals surface area contributed by atoms with E-state index in [1.165, 1.54) is 42.5 Å². The van der Waals surface area contributed by atoms with Crippen LogP contribution in [0.1, 0.15) is 16.1 Å². The van der Waals surface area contributed by atoms with Crippen LogP contribution >= 0.6 is 12.2 Å². The molecule has 1 aromatic heterocycles. The summed E-state index contributed by atoms with van der Waals surface area (Å²) < 4.78 is 31.6. The van der Waals surface area contributed by atoms with Gasteiger partial charge < -0.3 is 9.73 Å². The molecule has 1 heterocycles. The average Bonchev–Trinajstić information content (AvgIpc) is 2.91. The average molecular weight is 361 g/mol. The molecule has 0 unspecified atom stereocenters. The molecule has 3 aromatic rings. The molecular weight excluding hydrogens is 348 g/mol. The van der Waals surface area contributed by atoms with E-state index in [0.717, 1.165) is 0 Å². The molecule has 3 rings (SSSR count). The van der Waals surface area contributed by atoms with Gasteiger partial charge in [0.15, 0.2) is 10.9 Å². The Morgan fingerprint density at radius 2 is 1.72 bits per heavy atom. The van der Waals surface area contributed by atoms with Crippen LogP contribution in [0.3, 0.4) is 0 Å². The predicted molar refractivity (Wildman–Crippen MR) is 94.1 cm³/mol. The van der Waals surface area contributed by atoms with Crippen molar-refractivity contribution in [3.63, 3.8) is 0 Å². The number of halogens is 2. The summed E-state index contributed by atoms with van der Waals surface area (Å²) in [6, 6.07) is 9.58. The SMILES string of the molecule is Cc1c(C(=O)NNC(=S)Nc2ccc(F)cc2)oc2ccc(F)cc12. The van der Waals surface area contributed by atoms with Crippen molar-refractivity contribution >= 4 is 39.9 Å². The van der Waals surface area contributed by atoms with Crippen LogP contribution in [0.25, 0.3) is 11.0 Å². The summed E-state index contributed by atoms with van der Waals surface area (Å²) in [4.78, 5) is 12.2. The summed E-state index contributed by atoms with van der Waals surface area (Å²) in [5, 5.41) is 3.42. The van der Waals surface area contributed by atoms with Gasteiger partial charge in [-0.1, -0.05) is 0 Å². The zero-order chi connectivity index (χ0) is 18.0. The molecule has 128 valence electrons. The molecule has 0 aliphatic carbocycles. The first-order valence-electron chi connectivity index (χ1n) is 7.25. The quantitative estimate of drug-likeness (QED) is 0.480. The van der Waals surface area contributed by atoms with Gasteiger partial charge in [-0.15, -0.1) is 0 Å². The number of thiocarbonyl (C=S) groups is 1. The third-order valence-corrected chi connectivity index (χ3v) is 3.70. The zero-order valence-corrected chi connectivity index (χ0v) is 13.8. The topological polar surface area (TPSA) is 66.3 Å². The second kappa shape index (κ2) is 6.86. The number of hydrogen-bond acceptors (Lipinski definition) is 3. The maximum absolute atomic E-state index is 13.3. The van der Waals surface area contributed by atoms with E-state index in [-0.39, 0.29) is 16.7 Å². The number of carbonyl (C=O) groups is 1. The highest BCUT2D eigenvalue weighted by Gasteiger charge is 2.18. The largest absolute Gasteiger partial charge is 0.451 e. The number of nitrogens with one attached hydrogen (secondary N) is 3. The highest BCUT2D eigenvalue weighted by Crippen LogP contribution is 2.25.